The molecule has 0 amide bonds. The zero-order valence-corrected chi connectivity index (χ0v) is 7.93. The maximum absolute atomic E-state index is 6.02. The van der Waals surface area contributed by atoms with Crippen molar-refractivity contribution in [1.29, 1.82) is 0 Å². The van der Waals surface area contributed by atoms with Crippen molar-refractivity contribution in [3.05, 3.63) is 17.0 Å². The van der Waals surface area contributed by atoms with Crippen LogP contribution in [0.25, 0.3) is 0 Å². The molecule has 0 aromatic carbocycles. The minimum atomic E-state index is 0.241. The molecule has 12 heavy (non-hydrogen) atoms. The summed E-state index contributed by atoms with van der Waals surface area (Å²) in [6, 6.07) is 2.29. The Labute approximate surface area is 76.3 Å². The van der Waals surface area contributed by atoms with E-state index in [4.69, 9.17) is 10.5 Å². The van der Waals surface area contributed by atoms with E-state index in [1.54, 1.807) is 18.4 Å². The minimum Gasteiger partial charge on any atom is -0.487 e. The zero-order chi connectivity index (χ0) is 8.55. The summed E-state index contributed by atoms with van der Waals surface area (Å²) >= 11 is 1.62. The molecule has 66 valence electrons. The first kappa shape index (κ1) is 8.08. The van der Waals surface area contributed by atoms with E-state index in [2.05, 4.69) is 5.38 Å². The predicted octanol–water partition coefficient (Wildman–Crippen LogP) is 2.17. The Morgan fingerprint density at radius 1 is 1.67 bits per heavy atom. The van der Waals surface area contributed by atoms with Gasteiger partial charge in [-0.15, -0.1) is 11.3 Å². The molecular weight excluding hydrogens is 170 g/mol. The Hall–Kier alpha value is -0.540. The highest BCUT2D eigenvalue weighted by Gasteiger charge is 2.29. The number of methoxy groups -OCH3 is 1. The van der Waals surface area contributed by atoms with Crippen molar-refractivity contribution in [2.45, 2.75) is 18.9 Å². The van der Waals surface area contributed by atoms with Crippen LogP contribution in [0.1, 0.15) is 24.4 Å². The summed E-state index contributed by atoms with van der Waals surface area (Å²) in [7, 11) is 1.69. The van der Waals surface area contributed by atoms with E-state index in [9.17, 15) is 0 Å². The van der Waals surface area contributed by atoms with Crippen LogP contribution in [-0.4, -0.2) is 7.11 Å². The SMILES string of the molecule is COc1cc([C@@H](N)C2CC2)cs1. The zero-order valence-electron chi connectivity index (χ0n) is 7.12. The highest BCUT2D eigenvalue weighted by molar-refractivity contribution is 7.12. The second-order valence-corrected chi connectivity index (χ2v) is 4.14. The largest absolute Gasteiger partial charge is 0.487 e. The van der Waals surface area contributed by atoms with Crippen LogP contribution >= 0.6 is 11.3 Å². The highest BCUT2D eigenvalue weighted by atomic mass is 32.1. The first-order valence-electron chi connectivity index (χ1n) is 4.19. The molecule has 1 saturated carbocycles. The number of hydrogen-bond donors (Lipinski definition) is 1. The van der Waals surface area contributed by atoms with Gasteiger partial charge in [-0.25, -0.2) is 0 Å². The Balaban J connectivity index is 2.10. The number of ether oxygens (including phenoxy) is 1. The van der Waals surface area contributed by atoms with Gasteiger partial charge in [-0.2, -0.15) is 0 Å². The molecule has 2 nitrogen and oxygen atoms in total. The molecule has 0 bridgehead atoms. The molecular formula is C9H13NOS. The van der Waals surface area contributed by atoms with Crippen molar-refractivity contribution in [3.8, 4) is 5.06 Å². The lowest BCUT2D eigenvalue weighted by Gasteiger charge is -2.05. The van der Waals surface area contributed by atoms with E-state index in [0.29, 0.717) is 0 Å². The lowest BCUT2D eigenvalue weighted by atomic mass is 10.1. The highest BCUT2D eigenvalue weighted by Crippen LogP contribution is 2.41. The van der Waals surface area contributed by atoms with E-state index in [-0.39, 0.29) is 6.04 Å². The molecule has 3 heteroatoms. The quantitative estimate of drug-likeness (QED) is 0.779. The van der Waals surface area contributed by atoms with Gasteiger partial charge in [-0.3, -0.25) is 0 Å². The first-order chi connectivity index (χ1) is 5.81. The summed E-state index contributed by atoms with van der Waals surface area (Å²) < 4.78 is 5.11. The van der Waals surface area contributed by atoms with Crippen LogP contribution in [0.2, 0.25) is 0 Å². The van der Waals surface area contributed by atoms with Crippen molar-refractivity contribution in [2.75, 3.05) is 7.11 Å². The molecule has 1 aliphatic carbocycles. The number of nitrogens with two attached hydrogens (primary N) is 1. The van der Waals surface area contributed by atoms with Crippen LogP contribution in [0.4, 0.5) is 0 Å². The summed E-state index contributed by atoms with van der Waals surface area (Å²) in [5.74, 6) is 0.726. The van der Waals surface area contributed by atoms with Gasteiger partial charge in [0.25, 0.3) is 0 Å². The smallest absolute Gasteiger partial charge is 0.173 e. The fourth-order valence-electron chi connectivity index (χ4n) is 1.34. The molecule has 1 heterocycles. The van der Waals surface area contributed by atoms with Crippen LogP contribution in [-0.2, 0) is 0 Å². The lowest BCUT2D eigenvalue weighted by Crippen LogP contribution is -2.10. The molecule has 1 atom stereocenters. The molecule has 0 aliphatic heterocycles. The fourth-order valence-corrected chi connectivity index (χ4v) is 2.12. The van der Waals surface area contributed by atoms with Gasteiger partial charge in [0.05, 0.1) is 7.11 Å². The summed E-state index contributed by atoms with van der Waals surface area (Å²) in [4.78, 5) is 0. The van der Waals surface area contributed by atoms with Crippen LogP contribution < -0.4 is 10.5 Å². The third-order valence-corrected chi connectivity index (χ3v) is 3.22. The molecule has 2 N–H and O–H groups in total. The van der Waals surface area contributed by atoms with Crippen molar-refractivity contribution in [3.63, 3.8) is 0 Å². The van der Waals surface area contributed by atoms with E-state index in [1.807, 2.05) is 6.07 Å². The Kier molecular flexibility index (Phi) is 2.07. The minimum absolute atomic E-state index is 0.241. The van der Waals surface area contributed by atoms with Gasteiger partial charge in [0, 0.05) is 6.04 Å². The van der Waals surface area contributed by atoms with Gasteiger partial charge in [0.15, 0.2) is 5.06 Å². The summed E-state index contributed by atoms with van der Waals surface area (Å²) in [5, 5.41) is 3.06. The van der Waals surface area contributed by atoms with Gasteiger partial charge in [0.1, 0.15) is 0 Å². The fraction of sp³-hybridized carbons (Fsp3) is 0.556. The van der Waals surface area contributed by atoms with Gasteiger partial charge < -0.3 is 10.5 Å². The third-order valence-electron chi connectivity index (χ3n) is 2.31. The summed E-state index contributed by atoms with van der Waals surface area (Å²) in [5.41, 5.74) is 7.25. The molecule has 0 radical (unpaired) electrons. The Bertz CT molecular complexity index is 267. The van der Waals surface area contributed by atoms with Crippen LogP contribution in [0.15, 0.2) is 11.4 Å². The number of rotatable bonds is 3. The van der Waals surface area contributed by atoms with Crippen LogP contribution in [0.5, 0.6) is 5.06 Å². The molecule has 1 aromatic heterocycles. The van der Waals surface area contributed by atoms with Crippen LogP contribution in [0.3, 0.4) is 0 Å². The first-order valence-corrected chi connectivity index (χ1v) is 5.07. The molecule has 1 aliphatic rings. The lowest BCUT2D eigenvalue weighted by molar-refractivity contribution is 0.426. The standard InChI is InChI=1S/C9H13NOS/c1-11-8-4-7(5-12-8)9(10)6-2-3-6/h4-6,9H,2-3,10H2,1H3/t9-/m0/s1. The maximum Gasteiger partial charge on any atom is 0.173 e. The second kappa shape index (κ2) is 3.07. The summed E-state index contributed by atoms with van der Waals surface area (Å²) in [6.45, 7) is 0. The molecule has 0 unspecified atom stereocenters. The van der Waals surface area contributed by atoms with Gasteiger partial charge in [0.2, 0.25) is 0 Å². The number of thiophene rings is 1. The molecule has 0 spiro atoms. The molecule has 2 rings (SSSR count). The van der Waals surface area contributed by atoms with Gasteiger partial charge >= 0.3 is 0 Å². The predicted molar refractivity (Wildman–Crippen MR) is 50.5 cm³/mol. The van der Waals surface area contributed by atoms with E-state index < -0.39 is 0 Å². The molecule has 1 fully saturated rings. The van der Waals surface area contributed by atoms with Crippen molar-refractivity contribution in [2.24, 2.45) is 11.7 Å². The molecule has 1 aromatic rings. The van der Waals surface area contributed by atoms with Crippen molar-refractivity contribution < 1.29 is 4.74 Å². The average molecular weight is 183 g/mol. The van der Waals surface area contributed by atoms with Gasteiger partial charge in [-0.1, -0.05) is 0 Å². The van der Waals surface area contributed by atoms with E-state index in [1.165, 1.54) is 18.4 Å². The topological polar surface area (TPSA) is 35.2 Å². The van der Waals surface area contributed by atoms with E-state index in [0.717, 1.165) is 11.0 Å². The normalized spacial score (nSPS) is 19.2. The Morgan fingerprint density at radius 2 is 2.42 bits per heavy atom. The van der Waals surface area contributed by atoms with Crippen molar-refractivity contribution in [1.82, 2.24) is 0 Å². The second-order valence-electron chi connectivity index (χ2n) is 3.27. The van der Waals surface area contributed by atoms with E-state index >= 15 is 0 Å². The maximum atomic E-state index is 6.02. The molecule has 0 saturated heterocycles. The number of hydrogen-bond acceptors (Lipinski definition) is 3. The van der Waals surface area contributed by atoms with Gasteiger partial charge in [-0.05, 0) is 35.8 Å². The average Bonchev–Trinajstić information content (AvgIpc) is 2.82. The Morgan fingerprint density at radius 3 is 2.92 bits per heavy atom. The van der Waals surface area contributed by atoms with Crippen LogP contribution in [0, 0.1) is 5.92 Å². The van der Waals surface area contributed by atoms with Crippen molar-refractivity contribution >= 4 is 11.3 Å². The third kappa shape index (κ3) is 1.47. The summed E-state index contributed by atoms with van der Waals surface area (Å²) in [6.07, 6.45) is 2.58. The monoisotopic (exact) mass is 183 g/mol.